The number of carbonyl (C=O) groups is 1. The highest BCUT2D eigenvalue weighted by atomic mass is 32.1. The number of H-pyrrole nitrogens is 1. The Labute approximate surface area is 99.1 Å². The lowest BCUT2D eigenvalue weighted by molar-refractivity contribution is -0.130. The second-order valence-electron chi connectivity index (χ2n) is 3.31. The van der Waals surface area contributed by atoms with Gasteiger partial charge >= 0.3 is 0 Å². The highest BCUT2D eigenvalue weighted by Crippen LogP contribution is 2.15. The van der Waals surface area contributed by atoms with E-state index >= 15 is 0 Å². The van der Waals surface area contributed by atoms with Crippen molar-refractivity contribution in [2.45, 2.75) is 27.2 Å². The number of hydrogen-bond donors (Lipinski definition) is 1. The molecule has 0 aliphatic carbocycles. The first kappa shape index (κ1) is 12.4. The van der Waals surface area contributed by atoms with Gasteiger partial charge in [-0.25, -0.2) is 0 Å². The largest absolute Gasteiger partial charge is 0.343 e. The van der Waals surface area contributed by atoms with E-state index in [1.54, 1.807) is 0 Å². The van der Waals surface area contributed by atoms with Crippen LogP contribution in [0.4, 0.5) is 0 Å². The minimum atomic E-state index is 0.174. The van der Waals surface area contributed by atoms with E-state index in [2.05, 4.69) is 4.98 Å². The molecule has 1 heterocycles. The van der Waals surface area contributed by atoms with Gasteiger partial charge in [0.15, 0.2) is 3.95 Å². The first-order chi connectivity index (χ1) is 7.08. The average Bonchev–Trinajstić information content (AvgIpc) is 2.47. The molecule has 0 radical (unpaired) electrons. The van der Waals surface area contributed by atoms with E-state index < -0.39 is 0 Å². The van der Waals surface area contributed by atoms with Crippen LogP contribution in [0.2, 0.25) is 0 Å². The minimum absolute atomic E-state index is 0.174. The van der Waals surface area contributed by atoms with Gasteiger partial charge < -0.3 is 9.88 Å². The standard InChI is InChI=1S/C10H16N2OS2/c1-4-12(5-2)9(13)6-8-7(3)11-10(14)15-8/h4-6H2,1-3H3,(H,11,14). The van der Waals surface area contributed by atoms with E-state index in [1.807, 2.05) is 25.7 Å². The van der Waals surface area contributed by atoms with Gasteiger partial charge in [0.1, 0.15) is 0 Å². The van der Waals surface area contributed by atoms with Gasteiger partial charge in [-0.1, -0.05) is 0 Å². The Balaban J connectivity index is 2.73. The molecule has 0 saturated carbocycles. The first-order valence-electron chi connectivity index (χ1n) is 5.04. The van der Waals surface area contributed by atoms with E-state index in [9.17, 15) is 4.79 Å². The van der Waals surface area contributed by atoms with Crippen LogP contribution in [0.1, 0.15) is 24.4 Å². The van der Waals surface area contributed by atoms with Crippen LogP contribution >= 0.6 is 23.6 Å². The second kappa shape index (κ2) is 5.42. The molecular weight excluding hydrogens is 228 g/mol. The molecule has 0 spiro atoms. The Morgan fingerprint density at radius 1 is 1.47 bits per heavy atom. The predicted octanol–water partition coefficient (Wildman–Crippen LogP) is 2.53. The molecule has 1 aromatic heterocycles. The zero-order valence-electron chi connectivity index (χ0n) is 9.29. The van der Waals surface area contributed by atoms with Gasteiger partial charge in [-0.2, -0.15) is 0 Å². The number of thiazole rings is 1. The molecular formula is C10H16N2OS2. The lowest BCUT2D eigenvalue weighted by Crippen LogP contribution is -2.31. The van der Waals surface area contributed by atoms with Crippen LogP contribution in [0.5, 0.6) is 0 Å². The first-order valence-corrected chi connectivity index (χ1v) is 6.27. The molecule has 3 nitrogen and oxygen atoms in total. The number of aryl methyl sites for hydroxylation is 1. The van der Waals surface area contributed by atoms with Crippen molar-refractivity contribution < 1.29 is 4.79 Å². The molecule has 84 valence electrons. The third-order valence-corrected chi connectivity index (χ3v) is 3.69. The van der Waals surface area contributed by atoms with E-state index in [-0.39, 0.29) is 5.91 Å². The van der Waals surface area contributed by atoms with Crippen LogP contribution in [-0.2, 0) is 11.2 Å². The fourth-order valence-electron chi connectivity index (χ4n) is 1.43. The summed E-state index contributed by atoms with van der Waals surface area (Å²) in [5.74, 6) is 0.174. The Morgan fingerprint density at radius 3 is 2.47 bits per heavy atom. The number of aromatic nitrogens is 1. The number of nitrogens with zero attached hydrogens (tertiary/aromatic N) is 1. The molecule has 0 atom stereocenters. The van der Waals surface area contributed by atoms with E-state index in [0.29, 0.717) is 6.42 Å². The maximum Gasteiger partial charge on any atom is 0.227 e. The van der Waals surface area contributed by atoms with Crippen LogP contribution in [0, 0.1) is 10.9 Å². The smallest absolute Gasteiger partial charge is 0.227 e. The monoisotopic (exact) mass is 244 g/mol. The van der Waals surface area contributed by atoms with Crippen molar-refractivity contribution in [3.05, 3.63) is 14.5 Å². The van der Waals surface area contributed by atoms with Crippen LogP contribution in [0.3, 0.4) is 0 Å². The van der Waals surface area contributed by atoms with Gasteiger partial charge in [-0.3, -0.25) is 4.79 Å². The van der Waals surface area contributed by atoms with Crippen LogP contribution in [0.15, 0.2) is 0 Å². The average molecular weight is 244 g/mol. The summed E-state index contributed by atoms with van der Waals surface area (Å²) < 4.78 is 0.745. The number of hydrogen-bond acceptors (Lipinski definition) is 3. The van der Waals surface area contributed by atoms with Crippen molar-refractivity contribution >= 4 is 29.5 Å². The molecule has 0 aromatic carbocycles. The summed E-state index contributed by atoms with van der Waals surface area (Å²) in [4.78, 5) is 17.8. The molecule has 0 aliphatic rings. The van der Waals surface area contributed by atoms with Crippen molar-refractivity contribution in [2.24, 2.45) is 0 Å². The minimum Gasteiger partial charge on any atom is -0.343 e. The fraction of sp³-hybridized carbons (Fsp3) is 0.600. The molecule has 1 amide bonds. The lowest BCUT2D eigenvalue weighted by Gasteiger charge is -2.18. The second-order valence-corrected chi connectivity index (χ2v) is 5.08. The predicted molar refractivity (Wildman–Crippen MR) is 65.9 cm³/mol. The molecule has 5 heteroatoms. The SMILES string of the molecule is CCN(CC)C(=O)Cc1sc(=S)[nH]c1C. The van der Waals surface area contributed by atoms with Gasteiger partial charge in [0.2, 0.25) is 5.91 Å². The summed E-state index contributed by atoms with van der Waals surface area (Å²) in [5.41, 5.74) is 1.02. The summed E-state index contributed by atoms with van der Waals surface area (Å²) in [6, 6.07) is 0. The number of likely N-dealkylation sites (N-methyl/N-ethyl adjacent to an activating group) is 1. The number of rotatable bonds is 4. The molecule has 0 fully saturated rings. The summed E-state index contributed by atoms with van der Waals surface area (Å²) in [6.07, 6.45) is 0.464. The van der Waals surface area contributed by atoms with Gasteiger partial charge in [0.05, 0.1) is 6.42 Å². The third kappa shape index (κ3) is 3.14. The van der Waals surface area contributed by atoms with E-state index in [1.165, 1.54) is 11.3 Å². The van der Waals surface area contributed by atoms with Crippen LogP contribution in [0.25, 0.3) is 0 Å². The van der Waals surface area contributed by atoms with Crippen LogP contribution < -0.4 is 0 Å². The number of amides is 1. The molecule has 1 rings (SSSR count). The van der Waals surface area contributed by atoms with E-state index in [0.717, 1.165) is 27.6 Å². The van der Waals surface area contributed by atoms with Gasteiger partial charge in [-0.15, -0.1) is 11.3 Å². The Kier molecular flexibility index (Phi) is 4.47. The molecule has 0 saturated heterocycles. The molecule has 0 bridgehead atoms. The highest BCUT2D eigenvalue weighted by Gasteiger charge is 2.13. The third-order valence-electron chi connectivity index (χ3n) is 2.35. The molecule has 1 aromatic rings. The lowest BCUT2D eigenvalue weighted by atomic mass is 10.2. The topological polar surface area (TPSA) is 36.1 Å². The number of carbonyl (C=O) groups excluding carboxylic acids is 1. The van der Waals surface area contributed by atoms with Crippen molar-refractivity contribution in [3.63, 3.8) is 0 Å². The van der Waals surface area contributed by atoms with Crippen molar-refractivity contribution in [1.29, 1.82) is 0 Å². The molecule has 0 aliphatic heterocycles. The molecule has 0 unspecified atom stereocenters. The summed E-state index contributed by atoms with van der Waals surface area (Å²) in [6.45, 7) is 7.48. The fourth-order valence-corrected chi connectivity index (χ4v) is 2.71. The Bertz CT molecular complexity index is 390. The summed E-state index contributed by atoms with van der Waals surface area (Å²) >= 11 is 6.53. The van der Waals surface area contributed by atoms with Crippen molar-refractivity contribution in [2.75, 3.05) is 13.1 Å². The quantitative estimate of drug-likeness (QED) is 0.826. The summed E-state index contributed by atoms with van der Waals surface area (Å²) in [7, 11) is 0. The molecule has 1 N–H and O–H groups in total. The van der Waals surface area contributed by atoms with E-state index in [4.69, 9.17) is 12.2 Å². The van der Waals surface area contributed by atoms with Crippen molar-refractivity contribution in [3.8, 4) is 0 Å². The highest BCUT2D eigenvalue weighted by molar-refractivity contribution is 7.73. The van der Waals surface area contributed by atoms with Crippen LogP contribution in [-0.4, -0.2) is 28.9 Å². The number of aromatic amines is 1. The Morgan fingerprint density at radius 2 is 2.07 bits per heavy atom. The van der Waals surface area contributed by atoms with Crippen molar-refractivity contribution in [1.82, 2.24) is 9.88 Å². The van der Waals surface area contributed by atoms with Gasteiger partial charge in [0.25, 0.3) is 0 Å². The maximum absolute atomic E-state index is 11.8. The normalized spacial score (nSPS) is 10.3. The maximum atomic E-state index is 11.8. The zero-order chi connectivity index (χ0) is 11.4. The summed E-state index contributed by atoms with van der Waals surface area (Å²) in [5, 5.41) is 0. The van der Waals surface area contributed by atoms with Gasteiger partial charge in [-0.05, 0) is 33.0 Å². The zero-order valence-corrected chi connectivity index (χ0v) is 10.9. The molecule has 15 heavy (non-hydrogen) atoms. The number of nitrogens with one attached hydrogen (secondary N) is 1. The Hall–Kier alpha value is -0.680. The van der Waals surface area contributed by atoms with Gasteiger partial charge in [0, 0.05) is 23.7 Å².